The van der Waals surface area contributed by atoms with Crippen LogP contribution in [0.3, 0.4) is 0 Å². The highest BCUT2D eigenvalue weighted by atomic mass is 35.5. The third-order valence-corrected chi connectivity index (χ3v) is 1.75. The molecule has 2 aromatic rings. The Morgan fingerprint density at radius 3 is 3.18 bits per heavy atom. The molecule has 0 amide bonds. The lowest BCUT2D eigenvalue weighted by Gasteiger charge is -1.96. The smallest absolute Gasteiger partial charge is 0.163 e. The molecule has 0 aromatic carbocycles. The maximum Gasteiger partial charge on any atom is 0.163 e. The minimum atomic E-state index is 0.704. The summed E-state index contributed by atoms with van der Waals surface area (Å²) in [5.74, 6) is 0. The molecule has 0 radical (unpaired) electrons. The number of hydrogen-bond donors (Lipinski definition) is 0. The number of halogens is 1. The molecule has 0 aliphatic heterocycles. The molecule has 56 valence electrons. The summed E-state index contributed by atoms with van der Waals surface area (Å²) in [5, 5.41) is 8.37. The molecule has 0 saturated heterocycles. The minimum absolute atomic E-state index is 0.704. The molecular weight excluding hydrogens is 162 g/mol. The monoisotopic (exact) mass is 167 g/mol. The lowest BCUT2D eigenvalue weighted by atomic mass is 10.3. The highest BCUT2D eigenvalue weighted by Gasteiger charge is 1.99. The lowest BCUT2D eigenvalue weighted by molar-refractivity contribution is 1.10. The molecule has 11 heavy (non-hydrogen) atoms. The van der Waals surface area contributed by atoms with Crippen molar-refractivity contribution in [2.24, 2.45) is 0 Å². The van der Waals surface area contributed by atoms with Gasteiger partial charge in [0.25, 0.3) is 0 Å². The molecule has 0 fully saturated rings. The molecule has 0 N–H and O–H groups in total. The van der Waals surface area contributed by atoms with Gasteiger partial charge in [0.15, 0.2) is 5.65 Å². The molecule has 2 aromatic heterocycles. The summed E-state index contributed by atoms with van der Waals surface area (Å²) in [6.45, 7) is 1.95. The van der Waals surface area contributed by atoms with Crippen molar-refractivity contribution in [1.82, 2.24) is 14.6 Å². The van der Waals surface area contributed by atoms with E-state index >= 15 is 0 Å². The first-order chi connectivity index (χ1) is 5.27. The predicted molar refractivity (Wildman–Crippen MR) is 42.7 cm³/mol. The zero-order valence-electron chi connectivity index (χ0n) is 5.95. The van der Waals surface area contributed by atoms with Gasteiger partial charge in [-0.25, -0.2) is 0 Å². The Bertz CT molecular complexity index is 393. The summed E-state index contributed by atoms with van der Waals surface area (Å²) < 4.78 is 1.80. The average Bonchev–Trinajstić information content (AvgIpc) is 2.34. The molecule has 0 aliphatic rings. The second-order valence-electron chi connectivity index (χ2n) is 2.40. The summed E-state index contributed by atoms with van der Waals surface area (Å²) in [6.07, 6.45) is 3.41. The first-order valence-corrected chi connectivity index (χ1v) is 3.60. The van der Waals surface area contributed by atoms with Crippen LogP contribution in [0.15, 0.2) is 18.6 Å². The first kappa shape index (κ1) is 6.61. The molecule has 4 heteroatoms. The highest BCUT2D eigenvalue weighted by Crippen LogP contribution is 2.13. The summed E-state index contributed by atoms with van der Waals surface area (Å²) in [7, 11) is 0. The Morgan fingerprint density at radius 1 is 1.55 bits per heavy atom. The van der Waals surface area contributed by atoms with Gasteiger partial charge in [-0.05, 0) is 18.6 Å². The van der Waals surface area contributed by atoms with Gasteiger partial charge in [0.1, 0.15) is 6.33 Å². The number of aryl methyl sites for hydroxylation is 1. The Kier molecular flexibility index (Phi) is 1.32. The molecular formula is C7H6ClN3. The number of hydrogen-bond acceptors (Lipinski definition) is 2. The van der Waals surface area contributed by atoms with E-state index in [1.165, 1.54) is 0 Å². The normalized spacial score (nSPS) is 10.7. The van der Waals surface area contributed by atoms with Crippen LogP contribution < -0.4 is 0 Å². The predicted octanol–water partition coefficient (Wildman–Crippen LogP) is 1.69. The summed E-state index contributed by atoms with van der Waals surface area (Å²) in [5.41, 5.74) is 1.89. The van der Waals surface area contributed by atoms with Crippen molar-refractivity contribution in [2.75, 3.05) is 0 Å². The van der Waals surface area contributed by atoms with Gasteiger partial charge >= 0.3 is 0 Å². The van der Waals surface area contributed by atoms with E-state index in [4.69, 9.17) is 11.6 Å². The third kappa shape index (κ3) is 0.973. The van der Waals surface area contributed by atoms with Crippen LogP contribution in [0, 0.1) is 6.92 Å². The van der Waals surface area contributed by atoms with Crippen molar-refractivity contribution in [2.45, 2.75) is 6.92 Å². The molecule has 0 saturated carbocycles. The van der Waals surface area contributed by atoms with Gasteiger partial charge in [0, 0.05) is 6.20 Å². The Hall–Kier alpha value is -1.09. The molecule has 0 spiro atoms. The van der Waals surface area contributed by atoms with E-state index in [0.717, 1.165) is 11.2 Å². The van der Waals surface area contributed by atoms with E-state index in [0.29, 0.717) is 5.02 Å². The zero-order chi connectivity index (χ0) is 7.84. The lowest BCUT2D eigenvalue weighted by Crippen LogP contribution is -1.85. The van der Waals surface area contributed by atoms with Crippen LogP contribution in [-0.2, 0) is 0 Å². The minimum Gasteiger partial charge on any atom is -0.287 e. The van der Waals surface area contributed by atoms with Crippen LogP contribution >= 0.6 is 11.6 Å². The van der Waals surface area contributed by atoms with Crippen LogP contribution in [-0.4, -0.2) is 14.6 Å². The topological polar surface area (TPSA) is 30.2 Å². The van der Waals surface area contributed by atoms with Gasteiger partial charge in [0.2, 0.25) is 0 Å². The SMILES string of the molecule is Cc1cc(Cl)cn2cnnc12. The Morgan fingerprint density at radius 2 is 2.36 bits per heavy atom. The van der Waals surface area contributed by atoms with Crippen LogP contribution in [0.4, 0.5) is 0 Å². The fourth-order valence-electron chi connectivity index (χ4n) is 1.06. The van der Waals surface area contributed by atoms with Crippen molar-refractivity contribution in [3.8, 4) is 0 Å². The Balaban J connectivity index is 2.91. The van der Waals surface area contributed by atoms with E-state index in [-0.39, 0.29) is 0 Å². The molecule has 2 rings (SSSR count). The molecule has 0 unspecified atom stereocenters. The Labute approximate surface area is 68.6 Å². The zero-order valence-corrected chi connectivity index (χ0v) is 6.71. The quantitative estimate of drug-likeness (QED) is 0.598. The molecule has 2 heterocycles. The van der Waals surface area contributed by atoms with E-state index in [9.17, 15) is 0 Å². The summed E-state index contributed by atoms with van der Waals surface area (Å²) in [4.78, 5) is 0. The fourth-order valence-corrected chi connectivity index (χ4v) is 1.33. The number of rotatable bonds is 0. The number of fused-ring (bicyclic) bond motifs is 1. The second-order valence-corrected chi connectivity index (χ2v) is 2.84. The molecule has 0 bridgehead atoms. The van der Waals surface area contributed by atoms with Gasteiger partial charge in [-0.2, -0.15) is 0 Å². The summed E-state index contributed by atoms with van der Waals surface area (Å²) in [6, 6.07) is 1.87. The van der Waals surface area contributed by atoms with Crippen molar-refractivity contribution in [3.63, 3.8) is 0 Å². The van der Waals surface area contributed by atoms with Crippen molar-refractivity contribution >= 4 is 17.2 Å². The van der Waals surface area contributed by atoms with Crippen molar-refractivity contribution in [3.05, 3.63) is 29.2 Å². The standard InChI is InChI=1S/C7H6ClN3/c1-5-2-6(8)3-11-4-9-10-7(5)11/h2-4H,1H3. The van der Waals surface area contributed by atoms with Crippen LogP contribution in [0.5, 0.6) is 0 Å². The van der Waals surface area contributed by atoms with Gasteiger partial charge < -0.3 is 0 Å². The number of pyridine rings is 1. The van der Waals surface area contributed by atoms with Crippen LogP contribution in [0.1, 0.15) is 5.56 Å². The summed E-state index contributed by atoms with van der Waals surface area (Å²) >= 11 is 5.80. The van der Waals surface area contributed by atoms with Crippen LogP contribution in [0.2, 0.25) is 5.02 Å². The number of nitrogens with zero attached hydrogens (tertiary/aromatic N) is 3. The van der Waals surface area contributed by atoms with E-state index in [1.807, 2.05) is 13.0 Å². The number of aromatic nitrogens is 3. The van der Waals surface area contributed by atoms with Crippen LogP contribution in [0.25, 0.3) is 5.65 Å². The first-order valence-electron chi connectivity index (χ1n) is 3.23. The molecule has 3 nitrogen and oxygen atoms in total. The average molecular weight is 168 g/mol. The largest absolute Gasteiger partial charge is 0.287 e. The molecule has 0 atom stereocenters. The van der Waals surface area contributed by atoms with Crippen molar-refractivity contribution < 1.29 is 0 Å². The fraction of sp³-hybridized carbons (Fsp3) is 0.143. The van der Waals surface area contributed by atoms with E-state index < -0.39 is 0 Å². The highest BCUT2D eigenvalue weighted by molar-refractivity contribution is 6.30. The van der Waals surface area contributed by atoms with Crippen molar-refractivity contribution in [1.29, 1.82) is 0 Å². The van der Waals surface area contributed by atoms with Gasteiger partial charge in [-0.1, -0.05) is 11.6 Å². The maximum atomic E-state index is 5.80. The van der Waals surface area contributed by atoms with Gasteiger partial charge in [0.05, 0.1) is 5.02 Å². The second kappa shape index (κ2) is 2.20. The third-order valence-electron chi connectivity index (χ3n) is 1.54. The van der Waals surface area contributed by atoms with E-state index in [2.05, 4.69) is 10.2 Å². The van der Waals surface area contributed by atoms with Gasteiger partial charge in [-0.15, -0.1) is 10.2 Å². The van der Waals surface area contributed by atoms with Gasteiger partial charge in [-0.3, -0.25) is 4.40 Å². The molecule has 0 aliphatic carbocycles. The van der Waals surface area contributed by atoms with E-state index in [1.54, 1.807) is 16.9 Å². The maximum absolute atomic E-state index is 5.80.